The van der Waals surface area contributed by atoms with Crippen LogP contribution in [0.15, 0.2) is 35.3 Å². The molecule has 3 rings (SSSR count). The van der Waals surface area contributed by atoms with E-state index in [9.17, 15) is 0 Å². The van der Waals surface area contributed by atoms with Gasteiger partial charge in [0.2, 0.25) is 11.0 Å². The summed E-state index contributed by atoms with van der Waals surface area (Å²) in [6, 6.07) is 9.21. The average Bonchev–Trinajstić information content (AvgIpc) is 3.33. The minimum Gasteiger partial charge on any atom is -1.00 e. The van der Waals surface area contributed by atoms with Gasteiger partial charge in [-0.15, -0.1) is 0 Å². The molecule has 2 N–H and O–H groups in total. The van der Waals surface area contributed by atoms with Gasteiger partial charge in [-0.25, -0.2) is 0 Å². The van der Waals surface area contributed by atoms with Crippen molar-refractivity contribution in [1.29, 1.82) is 0 Å². The normalized spacial score (nSPS) is 10.7. The number of unbranched alkanes of at least 4 members (excludes halogenated alkanes) is 2. The predicted octanol–water partition coefficient (Wildman–Crippen LogP) is -1.88. The molecule has 0 unspecified atom stereocenters. The zero-order chi connectivity index (χ0) is 22.8. The second-order valence-corrected chi connectivity index (χ2v) is 10.4. The van der Waals surface area contributed by atoms with E-state index in [1.54, 1.807) is 22.7 Å². The summed E-state index contributed by atoms with van der Waals surface area (Å²) in [6.45, 7) is 6.92. The van der Waals surface area contributed by atoms with E-state index in [1.165, 1.54) is 58.0 Å². The summed E-state index contributed by atoms with van der Waals surface area (Å²) in [7, 11) is 0. The van der Waals surface area contributed by atoms with E-state index in [-0.39, 0.29) is 38.0 Å². The first-order valence-corrected chi connectivity index (χ1v) is 13.6. The number of thiazole rings is 2. The molecule has 2 aromatic heterocycles. The molecule has 34 heavy (non-hydrogen) atoms. The lowest BCUT2D eigenvalue weighted by molar-refractivity contribution is -0.698. The largest absolute Gasteiger partial charge is 1.00 e. The maximum Gasteiger partial charge on any atom is 0.225 e. The molecule has 0 radical (unpaired) electrons. The second-order valence-electron chi connectivity index (χ2n) is 8.53. The molecule has 0 fully saturated rings. The minimum absolute atomic E-state index is 0. The van der Waals surface area contributed by atoms with Crippen molar-refractivity contribution in [3.05, 3.63) is 67.6 Å². The van der Waals surface area contributed by atoms with Crippen LogP contribution in [0.25, 0.3) is 0 Å². The van der Waals surface area contributed by atoms with Gasteiger partial charge in [-0.3, -0.25) is 0 Å². The maximum atomic E-state index is 9.14. The van der Waals surface area contributed by atoms with Gasteiger partial charge >= 0.3 is 0 Å². The Kier molecular flexibility index (Phi) is 15.2. The number of benzene rings is 1. The first kappa shape index (κ1) is 31.0. The molecule has 0 spiro atoms. The maximum absolute atomic E-state index is 9.14. The van der Waals surface area contributed by atoms with Gasteiger partial charge in [-0.1, -0.05) is 46.9 Å². The predicted molar refractivity (Wildman–Crippen MR) is 132 cm³/mol. The van der Waals surface area contributed by atoms with Gasteiger partial charge in [0.1, 0.15) is 13.1 Å². The summed E-state index contributed by atoms with van der Waals surface area (Å²) in [4.78, 5) is 2.61. The van der Waals surface area contributed by atoms with Crippen LogP contribution in [0.5, 0.6) is 0 Å². The molecule has 4 nitrogen and oxygen atoms in total. The number of hydrogen-bond acceptors (Lipinski definition) is 4. The summed E-state index contributed by atoms with van der Waals surface area (Å²) in [5.41, 5.74) is 9.88. The topological polar surface area (TPSA) is 48.2 Å². The SMILES string of the molecule is Cc1c(CCO)sc[n+]1CCCCc1ccc(CCCC[n+]2csc(CCO)c2C)cc1.[Cl-].[Cl-]. The van der Waals surface area contributed by atoms with Gasteiger partial charge in [-0.05, 0) is 36.8 Å². The fraction of sp³-hybridized carbons (Fsp3) is 0.538. The first-order chi connectivity index (χ1) is 15.6. The van der Waals surface area contributed by atoms with Crippen LogP contribution in [0.1, 0.15) is 58.0 Å². The molecule has 0 aliphatic rings. The number of halogens is 2. The zero-order valence-corrected chi connectivity index (χ0v) is 23.5. The van der Waals surface area contributed by atoms with E-state index in [1.807, 2.05) is 0 Å². The number of hydrogen-bond donors (Lipinski definition) is 2. The molecular formula is C26H38Cl2N2O2S2. The van der Waals surface area contributed by atoms with Crippen LogP contribution in [0.4, 0.5) is 0 Å². The molecule has 0 aliphatic heterocycles. The number of aliphatic hydroxyl groups excluding tert-OH is 2. The van der Waals surface area contributed by atoms with Crippen LogP contribution in [-0.4, -0.2) is 23.4 Å². The van der Waals surface area contributed by atoms with E-state index in [2.05, 4.69) is 58.3 Å². The molecule has 0 saturated heterocycles. The van der Waals surface area contributed by atoms with E-state index in [0.29, 0.717) is 0 Å². The fourth-order valence-corrected chi connectivity index (χ4v) is 6.15. The quantitative estimate of drug-likeness (QED) is 0.184. The number of rotatable bonds is 14. The number of aromatic nitrogens is 2. The molecule has 2 heterocycles. The van der Waals surface area contributed by atoms with E-state index < -0.39 is 0 Å². The van der Waals surface area contributed by atoms with Gasteiger partial charge in [-0.2, -0.15) is 9.13 Å². The first-order valence-electron chi connectivity index (χ1n) is 11.8. The van der Waals surface area contributed by atoms with Crippen molar-refractivity contribution >= 4 is 22.7 Å². The second kappa shape index (κ2) is 16.6. The van der Waals surface area contributed by atoms with Gasteiger partial charge in [0.25, 0.3) is 0 Å². The number of aryl methyl sites for hydroxylation is 4. The highest BCUT2D eigenvalue weighted by Gasteiger charge is 2.15. The van der Waals surface area contributed by atoms with Crippen molar-refractivity contribution in [3.63, 3.8) is 0 Å². The number of nitrogens with zero attached hydrogens (tertiary/aromatic N) is 2. The standard InChI is InChI=1S/C26H38N2O2S2.2ClH/c1-21-25(13-17-29)31-19-27(21)15-5-3-7-23-9-11-24(12-10-23)8-4-6-16-28-20-32-26(14-18-30)22(28)2;;/h9-12,19-20,29-30H,3-8,13-18H2,1-2H3;2*1H/q+2;;/p-2. The Morgan fingerprint density at radius 3 is 1.35 bits per heavy atom. The third-order valence-electron chi connectivity index (χ3n) is 6.24. The molecule has 0 amide bonds. The Balaban J connectivity index is 0.00000289. The van der Waals surface area contributed by atoms with E-state index >= 15 is 0 Å². The third kappa shape index (κ3) is 9.21. The fourth-order valence-electron chi connectivity index (χ4n) is 4.12. The lowest BCUT2D eigenvalue weighted by atomic mass is 10.0. The van der Waals surface area contributed by atoms with Crippen molar-refractivity contribution in [2.75, 3.05) is 13.2 Å². The summed E-state index contributed by atoms with van der Waals surface area (Å²) < 4.78 is 4.67. The van der Waals surface area contributed by atoms with Crippen molar-refractivity contribution in [2.24, 2.45) is 0 Å². The average molecular weight is 546 g/mol. The van der Waals surface area contributed by atoms with Crippen LogP contribution < -0.4 is 33.9 Å². The molecule has 3 aromatic rings. The van der Waals surface area contributed by atoms with Crippen molar-refractivity contribution in [1.82, 2.24) is 0 Å². The van der Waals surface area contributed by atoms with Gasteiger partial charge in [0.15, 0.2) is 11.4 Å². The van der Waals surface area contributed by atoms with Gasteiger partial charge in [0.05, 0.1) is 9.75 Å². The Hall–Kier alpha value is -1.02. The smallest absolute Gasteiger partial charge is 0.225 e. The summed E-state index contributed by atoms with van der Waals surface area (Å²) in [5, 5.41) is 18.3. The highest BCUT2D eigenvalue weighted by atomic mass is 35.5. The van der Waals surface area contributed by atoms with Crippen LogP contribution in [-0.2, 0) is 38.8 Å². The van der Waals surface area contributed by atoms with Crippen LogP contribution in [0.2, 0.25) is 0 Å². The molecule has 0 saturated carbocycles. The van der Waals surface area contributed by atoms with Crippen LogP contribution in [0.3, 0.4) is 0 Å². The highest BCUT2D eigenvalue weighted by molar-refractivity contribution is 7.09. The van der Waals surface area contributed by atoms with Crippen molar-refractivity contribution in [3.8, 4) is 0 Å². The Labute approximate surface area is 225 Å². The zero-order valence-electron chi connectivity index (χ0n) is 20.3. The molecule has 1 aromatic carbocycles. The van der Waals surface area contributed by atoms with E-state index in [0.717, 1.165) is 38.8 Å². The molecular weight excluding hydrogens is 507 g/mol. The summed E-state index contributed by atoms with van der Waals surface area (Å²) in [6.07, 6.45) is 8.58. The third-order valence-corrected chi connectivity index (χ3v) is 8.53. The molecule has 0 atom stereocenters. The van der Waals surface area contributed by atoms with Crippen LogP contribution >= 0.6 is 22.7 Å². The Bertz CT molecular complexity index is 881. The molecule has 8 heteroatoms. The Morgan fingerprint density at radius 1 is 0.618 bits per heavy atom. The summed E-state index contributed by atoms with van der Waals surface area (Å²) >= 11 is 3.52. The van der Waals surface area contributed by atoms with E-state index in [4.69, 9.17) is 10.2 Å². The van der Waals surface area contributed by atoms with Crippen LogP contribution in [0, 0.1) is 13.8 Å². The molecule has 0 aliphatic carbocycles. The Morgan fingerprint density at radius 2 is 1.00 bits per heavy atom. The molecule has 190 valence electrons. The summed E-state index contributed by atoms with van der Waals surface area (Å²) in [5.74, 6) is 0. The monoisotopic (exact) mass is 544 g/mol. The van der Waals surface area contributed by atoms with Gasteiger partial charge < -0.3 is 35.0 Å². The molecule has 0 bridgehead atoms. The lowest BCUT2D eigenvalue weighted by Gasteiger charge is -2.04. The van der Waals surface area contributed by atoms with Gasteiger partial charge in [0, 0.05) is 52.7 Å². The lowest BCUT2D eigenvalue weighted by Crippen LogP contribution is -3.00. The number of aliphatic hydroxyl groups is 2. The van der Waals surface area contributed by atoms with Crippen molar-refractivity contribution < 1.29 is 44.2 Å². The minimum atomic E-state index is 0. The highest BCUT2D eigenvalue weighted by Crippen LogP contribution is 2.14. The van der Waals surface area contributed by atoms with Crippen molar-refractivity contribution in [2.45, 2.75) is 78.3 Å².